The SMILES string of the molecule is CN(Cc1ccccc1F)C(=O)[C@@H]1CCCN(C(=O)c2ccoc2)C1. The lowest BCUT2D eigenvalue weighted by Gasteiger charge is -2.33. The van der Waals surface area contributed by atoms with Crippen molar-refractivity contribution in [3.8, 4) is 0 Å². The van der Waals surface area contributed by atoms with Crippen LogP contribution < -0.4 is 0 Å². The third kappa shape index (κ3) is 3.90. The highest BCUT2D eigenvalue weighted by Gasteiger charge is 2.31. The Balaban J connectivity index is 1.63. The van der Waals surface area contributed by atoms with E-state index in [0.29, 0.717) is 24.2 Å². The fraction of sp³-hybridized carbons (Fsp3) is 0.368. The Morgan fingerprint density at radius 2 is 2.12 bits per heavy atom. The van der Waals surface area contributed by atoms with Gasteiger partial charge in [0.25, 0.3) is 5.91 Å². The fourth-order valence-electron chi connectivity index (χ4n) is 3.20. The molecule has 2 amide bonds. The molecular formula is C19H21FN2O3. The van der Waals surface area contributed by atoms with Gasteiger partial charge in [-0.1, -0.05) is 18.2 Å². The first kappa shape index (κ1) is 17.2. The largest absolute Gasteiger partial charge is 0.472 e. The highest BCUT2D eigenvalue weighted by atomic mass is 19.1. The third-order valence-electron chi connectivity index (χ3n) is 4.57. The van der Waals surface area contributed by atoms with Gasteiger partial charge in [0.1, 0.15) is 12.1 Å². The molecule has 0 unspecified atom stereocenters. The van der Waals surface area contributed by atoms with Gasteiger partial charge in [0.2, 0.25) is 5.91 Å². The van der Waals surface area contributed by atoms with Crippen LogP contribution in [0.25, 0.3) is 0 Å². The molecule has 2 aromatic rings. The third-order valence-corrected chi connectivity index (χ3v) is 4.57. The van der Waals surface area contributed by atoms with Crippen LogP contribution in [0.4, 0.5) is 4.39 Å². The van der Waals surface area contributed by atoms with Crippen LogP contribution in [0.1, 0.15) is 28.8 Å². The summed E-state index contributed by atoms with van der Waals surface area (Å²) in [6.45, 7) is 1.23. The molecule has 0 saturated carbocycles. The number of benzene rings is 1. The van der Waals surface area contributed by atoms with Crippen molar-refractivity contribution in [2.45, 2.75) is 19.4 Å². The lowest BCUT2D eigenvalue weighted by atomic mass is 9.96. The van der Waals surface area contributed by atoms with Crippen molar-refractivity contribution < 1.29 is 18.4 Å². The van der Waals surface area contributed by atoms with Crippen molar-refractivity contribution >= 4 is 11.8 Å². The molecule has 25 heavy (non-hydrogen) atoms. The summed E-state index contributed by atoms with van der Waals surface area (Å²) < 4.78 is 18.7. The van der Waals surface area contributed by atoms with Gasteiger partial charge < -0.3 is 14.2 Å². The summed E-state index contributed by atoms with van der Waals surface area (Å²) in [4.78, 5) is 28.4. The topological polar surface area (TPSA) is 53.8 Å². The number of amides is 2. The molecule has 1 fully saturated rings. The molecule has 1 aromatic heterocycles. The van der Waals surface area contributed by atoms with Crippen LogP contribution in [0.15, 0.2) is 47.3 Å². The minimum absolute atomic E-state index is 0.0621. The van der Waals surface area contributed by atoms with Crippen molar-refractivity contribution in [2.24, 2.45) is 5.92 Å². The first-order valence-electron chi connectivity index (χ1n) is 8.36. The zero-order valence-electron chi connectivity index (χ0n) is 14.2. The molecule has 0 spiro atoms. The van der Waals surface area contributed by atoms with Crippen LogP contribution in [0.2, 0.25) is 0 Å². The van der Waals surface area contributed by atoms with Crippen LogP contribution in [0, 0.1) is 11.7 Å². The normalized spacial score (nSPS) is 17.4. The summed E-state index contributed by atoms with van der Waals surface area (Å²) in [7, 11) is 1.67. The van der Waals surface area contributed by atoms with Crippen LogP contribution in [0.5, 0.6) is 0 Å². The number of nitrogens with zero attached hydrogens (tertiary/aromatic N) is 2. The van der Waals surface area contributed by atoms with Crippen LogP contribution in [-0.4, -0.2) is 41.8 Å². The van der Waals surface area contributed by atoms with E-state index in [4.69, 9.17) is 4.42 Å². The Labute approximate surface area is 146 Å². The van der Waals surface area contributed by atoms with E-state index in [-0.39, 0.29) is 30.1 Å². The van der Waals surface area contributed by atoms with E-state index >= 15 is 0 Å². The summed E-state index contributed by atoms with van der Waals surface area (Å²) in [6.07, 6.45) is 4.38. The minimum Gasteiger partial charge on any atom is -0.472 e. The predicted molar refractivity (Wildman–Crippen MR) is 90.2 cm³/mol. The molecule has 1 saturated heterocycles. The van der Waals surface area contributed by atoms with Crippen molar-refractivity contribution in [3.05, 3.63) is 59.8 Å². The Bertz CT molecular complexity index is 745. The number of hydrogen-bond donors (Lipinski definition) is 0. The van der Waals surface area contributed by atoms with Gasteiger partial charge in [0.05, 0.1) is 17.7 Å². The average Bonchev–Trinajstić information content (AvgIpc) is 3.17. The van der Waals surface area contributed by atoms with Gasteiger partial charge >= 0.3 is 0 Å². The second-order valence-corrected chi connectivity index (χ2v) is 6.39. The standard InChI is InChI=1S/C19H21FN2O3/c1-21(11-14-5-2-3-7-17(14)20)18(23)15-6-4-9-22(12-15)19(24)16-8-10-25-13-16/h2-3,5,7-8,10,13,15H,4,6,9,11-12H2,1H3/t15-/m1/s1. The van der Waals surface area contributed by atoms with Crippen LogP contribution in [-0.2, 0) is 11.3 Å². The Kier molecular flexibility index (Phi) is 5.16. The Morgan fingerprint density at radius 3 is 2.84 bits per heavy atom. The first-order chi connectivity index (χ1) is 12.1. The van der Waals surface area contributed by atoms with Gasteiger partial charge in [0.15, 0.2) is 0 Å². The predicted octanol–water partition coefficient (Wildman–Crippen LogP) is 2.93. The van der Waals surface area contributed by atoms with Gasteiger partial charge in [-0.05, 0) is 25.0 Å². The zero-order valence-corrected chi connectivity index (χ0v) is 14.2. The van der Waals surface area contributed by atoms with E-state index in [0.717, 1.165) is 12.8 Å². The van der Waals surface area contributed by atoms with Gasteiger partial charge in [-0.25, -0.2) is 4.39 Å². The summed E-state index contributed by atoms with van der Waals surface area (Å²) in [5.74, 6) is -0.764. The summed E-state index contributed by atoms with van der Waals surface area (Å²) in [5, 5.41) is 0. The summed E-state index contributed by atoms with van der Waals surface area (Å²) in [6, 6.07) is 8.07. The van der Waals surface area contributed by atoms with Gasteiger partial charge in [-0.2, -0.15) is 0 Å². The van der Waals surface area contributed by atoms with E-state index in [1.165, 1.54) is 23.5 Å². The second kappa shape index (κ2) is 7.51. The lowest BCUT2D eigenvalue weighted by molar-refractivity contribution is -0.136. The average molecular weight is 344 g/mol. The molecule has 0 bridgehead atoms. The minimum atomic E-state index is -0.317. The van der Waals surface area contributed by atoms with Crippen molar-refractivity contribution in [2.75, 3.05) is 20.1 Å². The number of rotatable bonds is 4. The van der Waals surface area contributed by atoms with Gasteiger partial charge in [-0.3, -0.25) is 9.59 Å². The maximum Gasteiger partial charge on any atom is 0.257 e. The lowest BCUT2D eigenvalue weighted by Crippen LogP contribution is -2.45. The molecule has 5 nitrogen and oxygen atoms in total. The number of carbonyl (C=O) groups excluding carboxylic acids is 2. The molecule has 132 valence electrons. The quantitative estimate of drug-likeness (QED) is 0.857. The van der Waals surface area contributed by atoms with Crippen molar-refractivity contribution in [1.29, 1.82) is 0 Å². The Hall–Kier alpha value is -2.63. The van der Waals surface area contributed by atoms with Crippen molar-refractivity contribution in [1.82, 2.24) is 9.80 Å². The number of carbonyl (C=O) groups is 2. The zero-order chi connectivity index (χ0) is 17.8. The molecule has 1 aliphatic rings. The molecule has 1 aromatic carbocycles. The Morgan fingerprint density at radius 1 is 1.32 bits per heavy atom. The van der Waals surface area contributed by atoms with E-state index in [1.54, 1.807) is 36.2 Å². The first-order valence-corrected chi connectivity index (χ1v) is 8.36. The van der Waals surface area contributed by atoms with E-state index in [2.05, 4.69) is 0 Å². The van der Waals surface area contributed by atoms with E-state index in [1.807, 2.05) is 0 Å². The van der Waals surface area contributed by atoms with Crippen molar-refractivity contribution in [3.63, 3.8) is 0 Å². The molecule has 0 radical (unpaired) electrons. The second-order valence-electron chi connectivity index (χ2n) is 6.39. The monoisotopic (exact) mass is 344 g/mol. The highest BCUT2D eigenvalue weighted by Crippen LogP contribution is 2.21. The molecule has 1 aliphatic heterocycles. The fourth-order valence-corrected chi connectivity index (χ4v) is 3.20. The summed E-state index contributed by atoms with van der Waals surface area (Å²) >= 11 is 0. The number of furan rings is 1. The maximum absolute atomic E-state index is 13.8. The van der Waals surface area contributed by atoms with E-state index in [9.17, 15) is 14.0 Å². The maximum atomic E-state index is 13.8. The number of likely N-dealkylation sites (tertiary alicyclic amines) is 1. The molecule has 2 heterocycles. The molecule has 3 rings (SSSR count). The molecule has 0 N–H and O–H groups in total. The number of hydrogen-bond acceptors (Lipinski definition) is 3. The van der Waals surface area contributed by atoms with Gasteiger partial charge in [0, 0.05) is 32.2 Å². The molecule has 0 aliphatic carbocycles. The molecular weight excluding hydrogens is 323 g/mol. The summed E-state index contributed by atoms with van der Waals surface area (Å²) in [5.41, 5.74) is 0.980. The van der Waals surface area contributed by atoms with Crippen LogP contribution >= 0.6 is 0 Å². The van der Waals surface area contributed by atoms with Gasteiger partial charge in [-0.15, -0.1) is 0 Å². The number of halogens is 1. The molecule has 1 atom stereocenters. The highest BCUT2D eigenvalue weighted by molar-refractivity contribution is 5.94. The number of piperidine rings is 1. The van der Waals surface area contributed by atoms with E-state index < -0.39 is 0 Å². The molecule has 6 heteroatoms. The smallest absolute Gasteiger partial charge is 0.257 e. The van der Waals surface area contributed by atoms with Crippen LogP contribution in [0.3, 0.4) is 0 Å².